The zero-order valence-electron chi connectivity index (χ0n) is 11.2. The van der Waals surface area contributed by atoms with Gasteiger partial charge in [0, 0.05) is 13.1 Å². The van der Waals surface area contributed by atoms with Crippen LogP contribution in [0.15, 0.2) is 30.3 Å². The summed E-state index contributed by atoms with van der Waals surface area (Å²) in [5.74, 6) is 1.32. The fourth-order valence-electron chi connectivity index (χ4n) is 2.53. The average Bonchev–Trinajstić information content (AvgIpc) is 2.88. The van der Waals surface area contributed by atoms with Gasteiger partial charge in [0.15, 0.2) is 0 Å². The number of hydrogen-bond acceptors (Lipinski definition) is 2. The number of hydrogen-bond donors (Lipinski definition) is 1. The lowest BCUT2D eigenvalue weighted by Gasteiger charge is -2.22. The highest BCUT2D eigenvalue weighted by Crippen LogP contribution is 2.25. The molecule has 0 radical (unpaired) electrons. The molecule has 1 saturated heterocycles. The van der Waals surface area contributed by atoms with E-state index in [1.54, 1.807) is 0 Å². The molecular weight excluding hydrogens is 224 g/mol. The zero-order valence-corrected chi connectivity index (χ0v) is 11.2. The lowest BCUT2D eigenvalue weighted by Crippen LogP contribution is -2.37. The Labute approximate surface area is 109 Å². The van der Waals surface area contributed by atoms with Crippen LogP contribution in [0.1, 0.15) is 31.9 Å². The number of amides is 1. The van der Waals surface area contributed by atoms with Gasteiger partial charge in [0.1, 0.15) is 6.04 Å². The molecule has 0 aliphatic carbocycles. The standard InChI is InChI=1S/C15H22N2O/c1-11(2)13-8-9-17(10-13)15(18)14(16)12-6-4-3-5-7-12/h3-7,11,13-14H,8-10,16H2,1-2H3/t13?,14-/m0/s1. The van der Waals surface area contributed by atoms with Crippen LogP contribution in [0.5, 0.6) is 0 Å². The molecule has 0 aromatic heterocycles. The monoisotopic (exact) mass is 246 g/mol. The molecule has 0 bridgehead atoms. The fraction of sp³-hybridized carbons (Fsp3) is 0.533. The number of benzene rings is 1. The summed E-state index contributed by atoms with van der Waals surface area (Å²) in [6, 6.07) is 9.09. The van der Waals surface area contributed by atoms with Crippen molar-refractivity contribution in [3.05, 3.63) is 35.9 Å². The van der Waals surface area contributed by atoms with Gasteiger partial charge in [-0.3, -0.25) is 4.79 Å². The van der Waals surface area contributed by atoms with Gasteiger partial charge in [0.2, 0.25) is 5.91 Å². The van der Waals surface area contributed by atoms with E-state index in [4.69, 9.17) is 5.73 Å². The summed E-state index contributed by atoms with van der Waals surface area (Å²) in [5.41, 5.74) is 6.95. The molecule has 2 N–H and O–H groups in total. The number of likely N-dealkylation sites (tertiary alicyclic amines) is 1. The van der Waals surface area contributed by atoms with Gasteiger partial charge in [0.25, 0.3) is 0 Å². The van der Waals surface area contributed by atoms with Gasteiger partial charge in [-0.15, -0.1) is 0 Å². The van der Waals surface area contributed by atoms with E-state index in [1.165, 1.54) is 0 Å². The first-order valence-corrected chi connectivity index (χ1v) is 6.69. The van der Waals surface area contributed by atoms with Crippen molar-refractivity contribution >= 4 is 5.91 Å². The molecule has 18 heavy (non-hydrogen) atoms. The molecular formula is C15H22N2O. The van der Waals surface area contributed by atoms with Crippen molar-refractivity contribution in [3.8, 4) is 0 Å². The SMILES string of the molecule is CC(C)C1CCN(C(=O)[C@@H](N)c2ccccc2)C1. The van der Waals surface area contributed by atoms with E-state index in [9.17, 15) is 4.79 Å². The van der Waals surface area contributed by atoms with Gasteiger partial charge in [-0.1, -0.05) is 44.2 Å². The molecule has 3 nitrogen and oxygen atoms in total. The zero-order chi connectivity index (χ0) is 13.1. The molecule has 98 valence electrons. The second kappa shape index (κ2) is 5.53. The van der Waals surface area contributed by atoms with Crippen LogP contribution in [0.2, 0.25) is 0 Å². The number of nitrogens with zero attached hydrogens (tertiary/aromatic N) is 1. The molecule has 1 aliphatic heterocycles. The normalized spacial score (nSPS) is 21.3. The molecule has 2 rings (SSSR count). The van der Waals surface area contributed by atoms with E-state index in [-0.39, 0.29) is 5.91 Å². The molecule has 1 aromatic rings. The van der Waals surface area contributed by atoms with E-state index in [1.807, 2.05) is 35.2 Å². The van der Waals surface area contributed by atoms with Gasteiger partial charge < -0.3 is 10.6 Å². The van der Waals surface area contributed by atoms with Gasteiger partial charge in [0.05, 0.1) is 0 Å². The molecule has 0 saturated carbocycles. The minimum absolute atomic E-state index is 0.0596. The van der Waals surface area contributed by atoms with Gasteiger partial charge in [-0.2, -0.15) is 0 Å². The van der Waals surface area contributed by atoms with Gasteiger partial charge in [-0.25, -0.2) is 0 Å². The second-order valence-corrected chi connectivity index (χ2v) is 5.47. The molecule has 1 heterocycles. The molecule has 1 aliphatic rings. The fourth-order valence-corrected chi connectivity index (χ4v) is 2.53. The number of nitrogens with two attached hydrogens (primary N) is 1. The minimum atomic E-state index is -0.517. The third-order valence-corrected chi connectivity index (χ3v) is 3.90. The Bertz CT molecular complexity index is 402. The highest BCUT2D eigenvalue weighted by atomic mass is 16.2. The molecule has 3 heteroatoms. The number of carbonyl (C=O) groups excluding carboxylic acids is 1. The molecule has 1 aromatic carbocycles. The quantitative estimate of drug-likeness (QED) is 0.888. The van der Waals surface area contributed by atoms with Crippen molar-refractivity contribution < 1.29 is 4.79 Å². The number of carbonyl (C=O) groups is 1. The van der Waals surface area contributed by atoms with E-state index >= 15 is 0 Å². The Hall–Kier alpha value is -1.35. The van der Waals surface area contributed by atoms with Crippen LogP contribution in [0, 0.1) is 11.8 Å². The third-order valence-electron chi connectivity index (χ3n) is 3.90. The molecule has 1 amide bonds. The van der Waals surface area contributed by atoms with Crippen molar-refractivity contribution in [1.29, 1.82) is 0 Å². The number of rotatable bonds is 3. The Morgan fingerprint density at radius 3 is 2.56 bits per heavy atom. The summed E-state index contributed by atoms with van der Waals surface area (Å²) in [5, 5.41) is 0. The van der Waals surface area contributed by atoms with E-state index in [0.717, 1.165) is 25.1 Å². The maximum absolute atomic E-state index is 12.3. The largest absolute Gasteiger partial charge is 0.341 e. The van der Waals surface area contributed by atoms with E-state index in [2.05, 4.69) is 13.8 Å². The summed E-state index contributed by atoms with van der Waals surface area (Å²) in [7, 11) is 0. The van der Waals surface area contributed by atoms with Gasteiger partial charge in [-0.05, 0) is 23.8 Å². The minimum Gasteiger partial charge on any atom is -0.341 e. The summed E-state index contributed by atoms with van der Waals surface area (Å²) in [6.45, 7) is 6.14. The Balaban J connectivity index is 2.00. The predicted molar refractivity (Wildman–Crippen MR) is 72.9 cm³/mol. The van der Waals surface area contributed by atoms with Crippen molar-refractivity contribution in [2.24, 2.45) is 17.6 Å². The van der Waals surface area contributed by atoms with Gasteiger partial charge >= 0.3 is 0 Å². The molecule has 1 fully saturated rings. The predicted octanol–water partition coefficient (Wildman–Crippen LogP) is 2.19. The molecule has 2 atom stereocenters. The lowest BCUT2D eigenvalue weighted by molar-refractivity contribution is -0.131. The summed E-state index contributed by atoms with van der Waals surface area (Å²) in [6.07, 6.45) is 1.10. The van der Waals surface area contributed by atoms with Crippen molar-refractivity contribution in [2.75, 3.05) is 13.1 Å². The third kappa shape index (κ3) is 2.72. The highest BCUT2D eigenvalue weighted by molar-refractivity contribution is 5.83. The van der Waals surface area contributed by atoms with Crippen LogP contribution in [0.4, 0.5) is 0 Å². The first-order valence-electron chi connectivity index (χ1n) is 6.69. The maximum atomic E-state index is 12.3. The highest BCUT2D eigenvalue weighted by Gasteiger charge is 2.30. The topological polar surface area (TPSA) is 46.3 Å². The van der Waals surface area contributed by atoms with Crippen molar-refractivity contribution in [2.45, 2.75) is 26.3 Å². The van der Waals surface area contributed by atoms with Crippen LogP contribution < -0.4 is 5.73 Å². The molecule has 0 spiro atoms. The lowest BCUT2D eigenvalue weighted by atomic mass is 9.95. The summed E-state index contributed by atoms with van der Waals surface area (Å²) >= 11 is 0. The summed E-state index contributed by atoms with van der Waals surface area (Å²) in [4.78, 5) is 14.2. The van der Waals surface area contributed by atoms with Crippen LogP contribution in [0.3, 0.4) is 0 Å². The van der Waals surface area contributed by atoms with Crippen LogP contribution >= 0.6 is 0 Å². The van der Waals surface area contributed by atoms with E-state index in [0.29, 0.717) is 11.8 Å². The Morgan fingerprint density at radius 2 is 2.00 bits per heavy atom. The Kier molecular flexibility index (Phi) is 4.02. The maximum Gasteiger partial charge on any atom is 0.244 e. The van der Waals surface area contributed by atoms with Crippen LogP contribution in [0.25, 0.3) is 0 Å². The van der Waals surface area contributed by atoms with Crippen molar-refractivity contribution in [1.82, 2.24) is 4.90 Å². The smallest absolute Gasteiger partial charge is 0.244 e. The van der Waals surface area contributed by atoms with Crippen LogP contribution in [-0.4, -0.2) is 23.9 Å². The van der Waals surface area contributed by atoms with Crippen molar-refractivity contribution in [3.63, 3.8) is 0 Å². The molecule has 1 unspecified atom stereocenters. The summed E-state index contributed by atoms with van der Waals surface area (Å²) < 4.78 is 0. The first-order chi connectivity index (χ1) is 8.59. The Morgan fingerprint density at radius 1 is 1.33 bits per heavy atom. The van der Waals surface area contributed by atoms with Crippen LogP contribution in [-0.2, 0) is 4.79 Å². The van der Waals surface area contributed by atoms with E-state index < -0.39 is 6.04 Å². The average molecular weight is 246 g/mol. The second-order valence-electron chi connectivity index (χ2n) is 5.47. The first kappa shape index (κ1) is 13.1.